The minimum Gasteiger partial charge on any atom is -0.296 e. The summed E-state index contributed by atoms with van der Waals surface area (Å²) in [6.45, 7) is 5.95. The lowest BCUT2D eigenvalue weighted by molar-refractivity contribution is 0.388. The predicted octanol–water partition coefficient (Wildman–Crippen LogP) is 4.58. The molecule has 1 N–H and O–H groups in total. The highest BCUT2D eigenvalue weighted by atomic mass is 16.5. The molecule has 9 nitrogen and oxygen atoms in total. The number of pyridine rings is 2. The molecule has 5 rings (SSSR count). The van der Waals surface area contributed by atoms with Crippen molar-refractivity contribution < 1.29 is 4.52 Å². The van der Waals surface area contributed by atoms with Crippen LogP contribution < -0.4 is 11.3 Å². The van der Waals surface area contributed by atoms with Gasteiger partial charge in [0, 0.05) is 35.5 Å². The van der Waals surface area contributed by atoms with Gasteiger partial charge in [-0.1, -0.05) is 48.8 Å². The lowest BCUT2D eigenvalue weighted by atomic mass is 10.0. The monoisotopic (exact) mass is 508 g/mol. The molecule has 0 aliphatic rings. The largest absolute Gasteiger partial charge is 0.439 e. The third-order valence-electron chi connectivity index (χ3n) is 6.43. The van der Waals surface area contributed by atoms with E-state index in [2.05, 4.69) is 31.6 Å². The molecule has 0 spiro atoms. The van der Waals surface area contributed by atoms with Crippen LogP contribution in [0.25, 0.3) is 28.5 Å². The number of nitrogens with one attached hydrogen (secondary N) is 1. The molecule has 192 valence electrons. The molecule has 0 amide bonds. The summed E-state index contributed by atoms with van der Waals surface area (Å²) in [5.74, 6) is 0.918. The zero-order valence-corrected chi connectivity index (χ0v) is 21.6. The second-order valence-corrected chi connectivity index (χ2v) is 9.24. The molecule has 1 aromatic carbocycles. The summed E-state index contributed by atoms with van der Waals surface area (Å²) >= 11 is 0. The van der Waals surface area contributed by atoms with E-state index in [9.17, 15) is 9.59 Å². The second-order valence-electron chi connectivity index (χ2n) is 9.24. The van der Waals surface area contributed by atoms with Gasteiger partial charge >= 0.3 is 5.76 Å². The molecule has 5 aromatic rings. The lowest BCUT2D eigenvalue weighted by Crippen LogP contribution is -2.29. The zero-order valence-electron chi connectivity index (χ0n) is 21.6. The highest BCUT2D eigenvalue weighted by Gasteiger charge is 2.18. The number of H-pyrrole nitrogens is 1. The van der Waals surface area contributed by atoms with Gasteiger partial charge in [0.1, 0.15) is 11.6 Å². The Balaban J connectivity index is 1.52. The fourth-order valence-corrected chi connectivity index (χ4v) is 4.51. The summed E-state index contributed by atoms with van der Waals surface area (Å²) in [5, 5.41) is 3.82. The van der Waals surface area contributed by atoms with Gasteiger partial charge in [-0.3, -0.25) is 19.3 Å². The third-order valence-corrected chi connectivity index (χ3v) is 6.43. The predicted molar refractivity (Wildman–Crippen MR) is 144 cm³/mol. The summed E-state index contributed by atoms with van der Waals surface area (Å²) in [5.41, 5.74) is 5.51. The quantitative estimate of drug-likeness (QED) is 0.326. The van der Waals surface area contributed by atoms with Crippen LogP contribution in [-0.4, -0.2) is 29.7 Å². The molecule has 38 heavy (non-hydrogen) atoms. The number of nitrogens with zero attached hydrogens (tertiary/aromatic N) is 5. The number of hydrogen-bond donors (Lipinski definition) is 1. The molecule has 0 aliphatic carbocycles. The molecule has 0 saturated heterocycles. The number of aryl methyl sites for hydroxylation is 3. The summed E-state index contributed by atoms with van der Waals surface area (Å²) in [7, 11) is 0. The highest BCUT2D eigenvalue weighted by Crippen LogP contribution is 2.28. The SMILES string of the molecule is CCCCc1nc(C)n(-c2cc(C)ccn2)c(=O)c1Cc1ccc(-c2ccccc2-c2noc(=O)[nH]2)nc1. The molecule has 0 unspecified atom stereocenters. The Hall–Kier alpha value is -4.66. The third kappa shape index (κ3) is 5.08. The zero-order chi connectivity index (χ0) is 26.6. The van der Waals surface area contributed by atoms with Gasteiger partial charge in [0.05, 0.1) is 11.4 Å². The lowest BCUT2D eigenvalue weighted by Gasteiger charge is -2.15. The Labute approximate surface area is 219 Å². The van der Waals surface area contributed by atoms with Crippen molar-refractivity contribution in [1.82, 2.24) is 29.7 Å². The van der Waals surface area contributed by atoms with Crippen LogP contribution >= 0.6 is 0 Å². The van der Waals surface area contributed by atoms with Crippen LogP contribution in [0, 0.1) is 13.8 Å². The highest BCUT2D eigenvalue weighted by molar-refractivity contribution is 5.78. The van der Waals surface area contributed by atoms with Crippen molar-refractivity contribution in [3.63, 3.8) is 0 Å². The molecular weight excluding hydrogens is 480 g/mol. The first kappa shape index (κ1) is 25.0. The van der Waals surface area contributed by atoms with Gasteiger partial charge in [0.2, 0.25) is 0 Å². The standard InChI is InChI=1S/C29H28N6O3/c1-4-5-10-25-23(28(36)35(19(3)32-25)26-15-18(2)13-14-30-26)16-20-11-12-24(31-17-20)21-8-6-7-9-22(21)27-33-29(37)38-34-27/h6-9,11-15,17H,4-5,10,16H2,1-3H3,(H,33,34,37). The van der Waals surface area contributed by atoms with Crippen molar-refractivity contribution in [1.29, 1.82) is 0 Å². The van der Waals surface area contributed by atoms with E-state index in [-0.39, 0.29) is 5.56 Å². The van der Waals surface area contributed by atoms with Gasteiger partial charge < -0.3 is 0 Å². The normalized spacial score (nSPS) is 11.1. The maximum Gasteiger partial charge on any atom is 0.439 e. The molecule has 9 heteroatoms. The van der Waals surface area contributed by atoms with Gasteiger partial charge in [-0.25, -0.2) is 19.3 Å². The Bertz CT molecular complexity index is 1700. The summed E-state index contributed by atoms with van der Waals surface area (Å²) in [6.07, 6.45) is 6.58. The molecule has 0 bridgehead atoms. The average Bonchev–Trinajstić information content (AvgIpc) is 3.36. The summed E-state index contributed by atoms with van der Waals surface area (Å²) in [6, 6.07) is 15.2. The van der Waals surface area contributed by atoms with Gasteiger partial charge in [-0.2, -0.15) is 0 Å². The summed E-state index contributed by atoms with van der Waals surface area (Å²) in [4.78, 5) is 41.8. The van der Waals surface area contributed by atoms with E-state index in [1.54, 1.807) is 17.0 Å². The fourth-order valence-electron chi connectivity index (χ4n) is 4.51. The first-order valence-electron chi connectivity index (χ1n) is 12.6. The number of benzene rings is 1. The molecule has 0 saturated carbocycles. The van der Waals surface area contributed by atoms with E-state index in [4.69, 9.17) is 4.98 Å². The maximum absolute atomic E-state index is 13.8. The number of rotatable bonds is 8. The number of hydrogen-bond acceptors (Lipinski definition) is 7. The number of aromatic amines is 1. The molecule has 0 fully saturated rings. The van der Waals surface area contributed by atoms with Crippen LogP contribution in [0.4, 0.5) is 0 Å². The number of unbranched alkanes of at least 4 members (excludes halogenated alkanes) is 1. The van der Waals surface area contributed by atoms with E-state index in [0.29, 0.717) is 40.7 Å². The van der Waals surface area contributed by atoms with Crippen LogP contribution in [-0.2, 0) is 12.8 Å². The Morgan fingerprint density at radius 3 is 2.50 bits per heavy atom. The van der Waals surface area contributed by atoms with Gasteiger partial charge in [-0.15, -0.1) is 0 Å². The van der Waals surface area contributed by atoms with Crippen LogP contribution in [0.5, 0.6) is 0 Å². The van der Waals surface area contributed by atoms with Crippen LogP contribution in [0.15, 0.2) is 75.0 Å². The number of aromatic nitrogens is 6. The van der Waals surface area contributed by atoms with Crippen molar-refractivity contribution in [2.45, 2.75) is 46.5 Å². The summed E-state index contributed by atoms with van der Waals surface area (Å²) < 4.78 is 6.27. The minimum absolute atomic E-state index is 0.105. The van der Waals surface area contributed by atoms with Crippen molar-refractivity contribution in [2.75, 3.05) is 0 Å². The first-order chi connectivity index (χ1) is 18.4. The van der Waals surface area contributed by atoms with Crippen molar-refractivity contribution >= 4 is 0 Å². The smallest absolute Gasteiger partial charge is 0.296 e. The molecule has 4 heterocycles. The molecule has 0 aliphatic heterocycles. The van der Waals surface area contributed by atoms with Gasteiger partial charge in [-0.05, 0) is 56.0 Å². The average molecular weight is 509 g/mol. The van der Waals surface area contributed by atoms with Gasteiger partial charge in [0.15, 0.2) is 5.82 Å². The Kier molecular flexibility index (Phi) is 7.08. The van der Waals surface area contributed by atoms with Crippen molar-refractivity contribution in [2.24, 2.45) is 0 Å². The second kappa shape index (κ2) is 10.8. The van der Waals surface area contributed by atoms with Crippen LogP contribution in [0.2, 0.25) is 0 Å². The van der Waals surface area contributed by atoms with E-state index in [1.807, 2.05) is 62.4 Å². The Morgan fingerprint density at radius 1 is 1.00 bits per heavy atom. The van der Waals surface area contributed by atoms with Gasteiger partial charge in [0.25, 0.3) is 5.56 Å². The van der Waals surface area contributed by atoms with E-state index >= 15 is 0 Å². The minimum atomic E-state index is -0.616. The molecular formula is C29H28N6O3. The van der Waals surface area contributed by atoms with Crippen molar-refractivity contribution in [3.05, 3.63) is 110 Å². The van der Waals surface area contributed by atoms with Crippen molar-refractivity contribution in [3.8, 4) is 28.5 Å². The fraction of sp³-hybridized carbons (Fsp3) is 0.241. The maximum atomic E-state index is 13.8. The van der Waals surface area contributed by atoms with E-state index < -0.39 is 5.76 Å². The molecule has 0 radical (unpaired) electrons. The van der Waals surface area contributed by atoms with E-state index in [0.717, 1.165) is 41.6 Å². The topological polar surface area (TPSA) is 120 Å². The first-order valence-corrected chi connectivity index (χ1v) is 12.6. The van der Waals surface area contributed by atoms with E-state index in [1.165, 1.54) is 0 Å². The molecule has 0 atom stereocenters. The van der Waals surface area contributed by atoms with Crippen LogP contribution in [0.1, 0.15) is 48.0 Å². The molecule has 4 aromatic heterocycles. The van der Waals surface area contributed by atoms with Crippen LogP contribution in [0.3, 0.4) is 0 Å². The Morgan fingerprint density at radius 2 is 1.82 bits per heavy atom.